The Morgan fingerprint density at radius 1 is 1.11 bits per heavy atom. The first-order valence-corrected chi connectivity index (χ1v) is 11.0. The number of anilines is 3. The second-order valence-electron chi connectivity index (χ2n) is 6.92. The van der Waals surface area contributed by atoms with Crippen molar-refractivity contribution in [1.82, 2.24) is 0 Å². The number of nitrogens with one attached hydrogen (secondary N) is 1. The van der Waals surface area contributed by atoms with Gasteiger partial charge in [0.1, 0.15) is 11.9 Å². The van der Waals surface area contributed by atoms with Crippen molar-refractivity contribution in [2.75, 3.05) is 33.9 Å². The smallest absolute Gasteiger partial charge is 0.247 e. The van der Waals surface area contributed by atoms with Gasteiger partial charge in [-0.3, -0.25) is 9.10 Å². The van der Waals surface area contributed by atoms with E-state index in [-0.39, 0.29) is 5.69 Å². The van der Waals surface area contributed by atoms with E-state index in [2.05, 4.69) is 10.2 Å². The van der Waals surface area contributed by atoms with Crippen LogP contribution in [0.3, 0.4) is 0 Å². The van der Waals surface area contributed by atoms with Gasteiger partial charge in [0, 0.05) is 24.5 Å². The molecule has 0 saturated carbocycles. The Balaban J connectivity index is 1.77. The molecule has 0 spiro atoms. The zero-order valence-corrected chi connectivity index (χ0v) is 16.7. The number of hydrogen-bond donors (Lipinski definition) is 1. The van der Waals surface area contributed by atoms with Crippen LogP contribution in [0.5, 0.6) is 0 Å². The van der Waals surface area contributed by atoms with Crippen molar-refractivity contribution in [3.63, 3.8) is 0 Å². The summed E-state index contributed by atoms with van der Waals surface area (Å²) < 4.78 is 39.5. The number of para-hydroxylation sites is 1. The molecule has 0 radical (unpaired) electrons. The third kappa shape index (κ3) is 4.44. The summed E-state index contributed by atoms with van der Waals surface area (Å²) >= 11 is 0. The van der Waals surface area contributed by atoms with Gasteiger partial charge in [-0.05, 0) is 56.2 Å². The lowest BCUT2D eigenvalue weighted by Gasteiger charge is -2.28. The first-order chi connectivity index (χ1) is 13.3. The summed E-state index contributed by atoms with van der Waals surface area (Å²) in [6.07, 6.45) is 3.30. The Labute approximate surface area is 165 Å². The van der Waals surface area contributed by atoms with Gasteiger partial charge < -0.3 is 10.2 Å². The number of carbonyl (C=O) groups excluding carboxylic acids is 1. The SMILES string of the molecule is CC(C(=O)Nc1ccc(N2CCCC2)cc1)N(c1ccccc1F)S(C)(=O)=O. The number of rotatable bonds is 6. The van der Waals surface area contributed by atoms with Crippen molar-refractivity contribution in [3.05, 3.63) is 54.3 Å². The normalized spacial score (nSPS) is 15.3. The zero-order valence-electron chi connectivity index (χ0n) is 15.9. The fourth-order valence-electron chi connectivity index (χ4n) is 3.39. The van der Waals surface area contributed by atoms with E-state index >= 15 is 0 Å². The van der Waals surface area contributed by atoms with Crippen molar-refractivity contribution < 1.29 is 17.6 Å². The molecule has 1 aliphatic rings. The average Bonchev–Trinajstić information content (AvgIpc) is 3.17. The molecule has 1 aliphatic heterocycles. The van der Waals surface area contributed by atoms with Crippen molar-refractivity contribution in [2.45, 2.75) is 25.8 Å². The standard InChI is InChI=1S/C20H24FN3O3S/c1-15(24(28(2,26)27)19-8-4-3-7-18(19)21)20(25)22-16-9-11-17(12-10-16)23-13-5-6-14-23/h3-4,7-12,15H,5-6,13-14H2,1-2H3,(H,22,25). The molecule has 6 nitrogen and oxygen atoms in total. The van der Waals surface area contributed by atoms with Gasteiger partial charge in [0.15, 0.2) is 0 Å². The molecule has 1 amide bonds. The molecule has 0 bridgehead atoms. The maximum atomic E-state index is 14.2. The van der Waals surface area contributed by atoms with E-state index in [4.69, 9.17) is 0 Å². The number of hydrogen-bond acceptors (Lipinski definition) is 4. The van der Waals surface area contributed by atoms with Gasteiger partial charge in [-0.1, -0.05) is 12.1 Å². The summed E-state index contributed by atoms with van der Waals surface area (Å²) in [6.45, 7) is 3.48. The molecule has 1 fully saturated rings. The lowest BCUT2D eigenvalue weighted by Crippen LogP contribution is -2.45. The molecule has 0 aliphatic carbocycles. The van der Waals surface area contributed by atoms with Gasteiger partial charge in [-0.25, -0.2) is 12.8 Å². The molecule has 8 heteroatoms. The zero-order chi connectivity index (χ0) is 20.3. The quantitative estimate of drug-likeness (QED) is 0.801. The van der Waals surface area contributed by atoms with Crippen LogP contribution in [-0.4, -0.2) is 39.7 Å². The van der Waals surface area contributed by atoms with Gasteiger partial charge >= 0.3 is 0 Å². The van der Waals surface area contributed by atoms with Gasteiger partial charge in [0.05, 0.1) is 11.9 Å². The summed E-state index contributed by atoms with van der Waals surface area (Å²) in [6, 6.07) is 11.8. The minimum atomic E-state index is -3.87. The number of sulfonamides is 1. The fourth-order valence-corrected chi connectivity index (χ4v) is 4.56. The van der Waals surface area contributed by atoms with Crippen molar-refractivity contribution >= 4 is 33.0 Å². The van der Waals surface area contributed by atoms with E-state index < -0.39 is 27.8 Å². The summed E-state index contributed by atoms with van der Waals surface area (Å²) in [5.41, 5.74) is 1.49. The number of benzene rings is 2. The lowest BCUT2D eigenvalue weighted by atomic mass is 10.2. The lowest BCUT2D eigenvalue weighted by molar-refractivity contribution is -0.116. The molecule has 2 aromatic carbocycles. The van der Waals surface area contributed by atoms with Crippen LogP contribution in [0.1, 0.15) is 19.8 Å². The minimum absolute atomic E-state index is 0.156. The summed E-state index contributed by atoms with van der Waals surface area (Å²) in [4.78, 5) is 15.0. The van der Waals surface area contributed by atoms with Crippen LogP contribution in [0.25, 0.3) is 0 Å². The highest BCUT2D eigenvalue weighted by Gasteiger charge is 2.31. The van der Waals surface area contributed by atoms with Crippen molar-refractivity contribution in [2.24, 2.45) is 0 Å². The maximum absolute atomic E-state index is 14.2. The van der Waals surface area contributed by atoms with Crippen LogP contribution >= 0.6 is 0 Å². The number of carbonyl (C=O) groups is 1. The minimum Gasteiger partial charge on any atom is -0.372 e. The third-order valence-corrected chi connectivity index (χ3v) is 6.01. The molecule has 0 aromatic heterocycles. The summed E-state index contributed by atoms with van der Waals surface area (Å²) in [5, 5.41) is 2.72. The predicted octanol–water partition coefficient (Wildman–Crippen LogP) is 3.22. The second-order valence-corrected chi connectivity index (χ2v) is 8.78. The molecule has 3 rings (SSSR count). The van der Waals surface area contributed by atoms with Crippen molar-refractivity contribution in [1.29, 1.82) is 0 Å². The Morgan fingerprint density at radius 2 is 1.71 bits per heavy atom. The highest BCUT2D eigenvalue weighted by atomic mass is 32.2. The van der Waals surface area contributed by atoms with Crippen LogP contribution in [0, 0.1) is 5.82 Å². The van der Waals surface area contributed by atoms with E-state index in [1.165, 1.54) is 38.0 Å². The van der Waals surface area contributed by atoms with E-state index in [1.807, 2.05) is 12.1 Å². The van der Waals surface area contributed by atoms with Crippen LogP contribution in [0.2, 0.25) is 0 Å². The highest BCUT2D eigenvalue weighted by Crippen LogP contribution is 2.25. The molecule has 2 aromatic rings. The topological polar surface area (TPSA) is 69.7 Å². The van der Waals surface area contributed by atoms with Gasteiger partial charge in [0.2, 0.25) is 15.9 Å². The third-order valence-electron chi connectivity index (χ3n) is 4.78. The van der Waals surface area contributed by atoms with Crippen LogP contribution in [-0.2, 0) is 14.8 Å². The summed E-state index contributed by atoms with van der Waals surface area (Å²) in [5.74, 6) is -1.25. The maximum Gasteiger partial charge on any atom is 0.247 e. The number of amides is 1. The Morgan fingerprint density at radius 3 is 2.29 bits per heavy atom. The van der Waals surface area contributed by atoms with E-state index in [0.717, 1.165) is 35.4 Å². The first-order valence-electron chi connectivity index (χ1n) is 9.17. The van der Waals surface area contributed by atoms with Crippen LogP contribution in [0.4, 0.5) is 21.5 Å². The van der Waals surface area contributed by atoms with E-state index in [1.54, 1.807) is 12.1 Å². The van der Waals surface area contributed by atoms with Gasteiger partial charge in [0.25, 0.3) is 0 Å². The predicted molar refractivity (Wildman–Crippen MR) is 110 cm³/mol. The monoisotopic (exact) mass is 405 g/mol. The molecule has 150 valence electrons. The van der Waals surface area contributed by atoms with Gasteiger partial charge in [-0.15, -0.1) is 0 Å². The largest absolute Gasteiger partial charge is 0.372 e. The van der Waals surface area contributed by atoms with Crippen molar-refractivity contribution in [3.8, 4) is 0 Å². The molecular weight excluding hydrogens is 381 g/mol. The van der Waals surface area contributed by atoms with E-state index in [9.17, 15) is 17.6 Å². The van der Waals surface area contributed by atoms with Gasteiger partial charge in [-0.2, -0.15) is 0 Å². The van der Waals surface area contributed by atoms with Crippen LogP contribution < -0.4 is 14.5 Å². The molecule has 1 heterocycles. The Hall–Kier alpha value is -2.61. The molecule has 1 saturated heterocycles. The van der Waals surface area contributed by atoms with E-state index in [0.29, 0.717) is 5.69 Å². The number of nitrogens with zero attached hydrogens (tertiary/aromatic N) is 2. The molecule has 1 N–H and O–H groups in total. The number of halogens is 1. The molecule has 28 heavy (non-hydrogen) atoms. The molecule has 1 unspecified atom stereocenters. The average molecular weight is 405 g/mol. The van der Waals surface area contributed by atoms with Crippen LogP contribution in [0.15, 0.2) is 48.5 Å². The second kappa shape index (κ2) is 8.18. The first kappa shape index (κ1) is 20.1. The Kier molecular flexibility index (Phi) is 5.88. The Bertz CT molecular complexity index is 941. The summed E-state index contributed by atoms with van der Waals surface area (Å²) in [7, 11) is -3.87. The molecular formula is C20H24FN3O3S. The highest BCUT2D eigenvalue weighted by molar-refractivity contribution is 7.92. The fraction of sp³-hybridized carbons (Fsp3) is 0.350. The molecule has 1 atom stereocenters.